The van der Waals surface area contributed by atoms with Gasteiger partial charge >= 0.3 is 0 Å². The molecule has 1 heterocycles. The Balaban J connectivity index is 2.49. The van der Waals surface area contributed by atoms with Crippen molar-refractivity contribution >= 4 is 0 Å². The number of hydrogen-bond acceptors (Lipinski definition) is 3. The van der Waals surface area contributed by atoms with Crippen LogP contribution in [0.1, 0.15) is 38.0 Å². The Morgan fingerprint density at radius 3 is 3.00 bits per heavy atom. The highest BCUT2D eigenvalue weighted by molar-refractivity contribution is 5.02. The molecule has 4 heteroatoms. The normalized spacial score (nSPS) is 13.1. The lowest BCUT2D eigenvalue weighted by molar-refractivity contribution is 0.130. The molecule has 0 saturated heterocycles. The van der Waals surface area contributed by atoms with E-state index in [2.05, 4.69) is 12.0 Å². The Morgan fingerprint density at radius 2 is 2.36 bits per heavy atom. The minimum atomic E-state index is -0.636. The molecule has 0 radical (unpaired) electrons. The van der Waals surface area contributed by atoms with E-state index >= 15 is 0 Å². The van der Waals surface area contributed by atoms with E-state index in [4.69, 9.17) is 5.11 Å². The van der Waals surface area contributed by atoms with Crippen molar-refractivity contribution in [1.29, 1.82) is 0 Å². The van der Waals surface area contributed by atoms with Gasteiger partial charge in [0.2, 0.25) is 0 Å². The van der Waals surface area contributed by atoms with Crippen molar-refractivity contribution in [3.63, 3.8) is 0 Å². The maximum Gasteiger partial charge on any atom is 0.1000 e. The fraction of sp³-hybridized carbons (Fsp3) is 0.700. The van der Waals surface area contributed by atoms with Crippen LogP contribution in [0.3, 0.4) is 0 Å². The first-order valence-corrected chi connectivity index (χ1v) is 5.10. The second-order valence-electron chi connectivity index (χ2n) is 3.39. The summed E-state index contributed by atoms with van der Waals surface area (Å²) in [5, 5.41) is 22.4. The molecule has 1 rings (SSSR count). The third-order valence-corrected chi connectivity index (χ3v) is 2.15. The maximum atomic E-state index is 9.52. The van der Waals surface area contributed by atoms with E-state index in [-0.39, 0.29) is 6.61 Å². The van der Waals surface area contributed by atoms with Crippen LogP contribution in [0, 0.1) is 0 Å². The largest absolute Gasteiger partial charge is 0.396 e. The molecule has 0 aliphatic carbocycles. The smallest absolute Gasteiger partial charge is 0.1000 e. The minimum absolute atomic E-state index is 0.0109. The van der Waals surface area contributed by atoms with Gasteiger partial charge in [-0.25, -0.2) is 0 Å². The van der Waals surface area contributed by atoms with Crippen molar-refractivity contribution in [1.82, 2.24) is 9.78 Å². The molecule has 0 fully saturated rings. The fourth-order valence-electron chi connectivity index (χ4n) is 1.27. The Hall–Kier alpha value is -0.870. The predicted molar refractivity (Wildman–Crippen MR) is 53.8 cm³/mol. The molecule has 1 unspecified atom stereocenters. The van der Waals surface area contributed by atoms with Crippen LogP contribution in [-0.4, -0.2) is 26.6 Å². The Morgan fingerprint density at radius 1 is 1.57 bits per heavy atom. The van der Waals surface area contributed by atoms with Crippen LogP contribution in [0.5, 0.6) is 0 Å². The molecule has 1 atom stereocenters. The van der Waals surface area contributed by atoms with Crippen molar-refractivity contribution in [2.45, 2.75) is 38.8 Å². The third-order valence-electron chi connectivity index (χ3n) is 2.15. The molecule has 0 bridgehead atoms. The van der Waals surface area contributed by atoms with Gasteiger partial charge in [0.25, 0.3) is 0 Å². The summed E-state index contributed by atoms with van der Waals surface area (Å²) in [7, 11) is 0. The first kappa shape index (κ1) is 11.2. The number of nitrogens with zero attached hydrogens (tertiary/aromatic N) is 2. The zero-order chi connectivity index (χ0) is 10.4. The SMILES string of the molecule is CCCCn1ccc(C(O)CCO)n1. The average molecular weight is 198 g/mol. The van der Waals surface area contributed by atoms with Crippen molar-refractivity contribution in [3.05, 3.63) is 18.0 Å². The molecule has 0 aliphatic heterocycles. The molecule has 0 aromatic carbocycles. The highest BCUT2D eigenvalue weighted by atomic mass is 16.3. The van der Waals surface area contributed by atoms with Crippen LogP contribution in [0.4, 0.5) is 0 Å². The summed E-state index contributed by atoms with van der Waals surface area (Å²) in [5.74, 6) is 0. The number of unbranched alkanes of at least 4 members (excludes halogenated alkanes) is 1. The number of aliphatic hydroxyl groups is 2. The van der Waals surface area contributed by atoms with Crippen LogP contribution in [0.25, 0.3) is 0 Å². The van der Waals surface area contributed by atoms with Crippen LogP contribution in [0.15, 0.2) is 12.3 Å². The topological polar surface area (TPSA) is 58.3 Å². The summed E-state index contributed by atoms with van der Waals surface area (Å²) in [5.41, 5.74) is 0.648. The molecular weight excluding hydrogens is 180 g/mol. The standard InChI is InChI=1S/C10H18N2O2/c1-2-3-6-12-7-4-9(11-12)10(14)5-8-13/h4,7,10,13-14H,2-3,5-6,8H2,1H3. The van der Waals surface area contributed by atoms with Gasteiger partial charge in [-0.3, -0.25) is 4.68 Å². The molecule has 0 amide bonds. The number of hydrogen-bond donors (Lipinski definition) is 2. The summed E-state index contributed by atoms with van der Waals surface area (Å²) in [6, 6.07) is 1.80. The van der Waals surface area contributed by atoms with Gasteiger partial charge in [-0.1, -0.05) is 13.3 Å². The van der Waals surface area contributed by atoms with E-state index in [1.807, 2.05) is 10.9 Å². The van der Waals surface area contributed by atoms with Crippen molar-refractivity contribution in [2.24, 2.45) is 0 Å². The van der Waals surface area contributed by atoms with E-state index < -0.39 is 6.10 Å². The molecule has 2 N–H and O–H groups in total. The van der Waals surface area contributed by atoms with Crippen molar-refractivity contribution < 1.29 is 10.2 Å². The van der Waals surface area contributed by atoms with E-state index in [0.29, 0.717) is 12.1 Å². The molecule has 1 aromatic heterocycles. The van der Waals surface area contributed by atoms with Crippen molar-refractivity contribution in [3.8, 4) is 0 Å². The highest BCUT2D eigenvalue weighted by Crippen LogP contribution is 2.13. The fourth-order valence-corrected chi connectivity index (χ4v) is 1.27. The quantitative estimate of drug-likeness (QED) is 0.719. The van der Waals surface area contributed by atoms with Crippen LogP contribution in [0.2, 0.25) is 0 Å². The van der Waals surface area contributed by atoms with Crippen LogP contribution in [-0.2, 0) is 6.54 Å². The van der Waals surface area contributed by atoms with Gasteiger partial charge in [0.05, 0.1) is 11.8 Å². The summed E-state index contributed by atoms with van der Waals surface area (Å²) < 4.78 is 1.83. The maximum absolute atomic E-state index is 9.52. The lowest BCUT2D eigenvalue weighted by atomic mass is 10.2. The third kappa shape index (κ3) is 3.12. The zero-order valence-corrected chi connectivity index (χ0v) is 8.56. The van der Waals surface area contributed by atoms with Gasteiger partial charge in [-0.05, 0) is 12.5 Å². The second-order valence-corrected chi connectivity index (χ2v) is 3.39. The van der Waals surface area contributed by atoms with Crippen molar-refractivity contribution in [2.75, 3.05) is 6.61 Å². The van der Waals surface area contributed by atoms with Gasteiger partial charge < -0.3 is 10.2 Å². The van der Waals surface area contributed by atoms with Gasteiger partial charge in [0.15, 0.2) is 0 Å². The summed E-state index contributed by atoms with van der Waals surface area (Å²) in [6.45, 7) is 3.01. The Labute approximate surface area is 84.2 Å². The number of aryl methyl sites for hydroxylation is 1. The van der Waals surface area contributed by atoms with Gasteiger partial charge in [-0.2, -0.15) is 5.10 Å². The van der Waals surface area contributed by atoms with E-state index in [1.165, 1.54) is 0 Å². The Kier molecular flexibility index (Phi) is 4.62. The number of aromatic nitrogens is 2. The second kappa shape index (κ2) is 5.78. The molecule has 1 aromatic rings. The minimum Gasteiger partial charge on any atom is -0.396 e. The summed E-state index contributed by atoms with van der Waals surface area (Å²) in [6.07, 6.45) is 3.81. The molecular formula is C10H18N2O2. The zero-order valence-electron chi connectivity index (χ0n) is 8.56. The van der Waals surface area contributed by atoms with Crippen LogP contribution >= 0.6 is 0 Å². The molecule has 14 heavy (non-hydrogen) atoms. The molecule has 0 aliphatic rings. The van der Waals surface area contributed by atoms with Crippen LogP contribution < -0.4 is 0 Å². The summed E-state index contributed by atoms with van der Waals surface area (Å²) in [4.78, 5) is 0. The van der Waals surface area contributed by atoms with Gasteiger partial charge in [0, 0.05) is 25.8 Å². The predicted octanol–water partition coefficient (Wildman–Crippen LogP) is 1.10. The van der Waals surface area contributed by atoms with E-state index in [1.54, 1.807) is 6.07 Å². The molecule has 4 nitrogen and oxygen atoms in total. The van der Waals surface area contributed by atoms with E-state index in [0.717, 1.165) is 19.4 Å². The Bertz CT molecular complexity index is 260. The average Bonchev–Trinajstić information content (AvgIpc) is 2.63. The highest BCUT2D eigenvalue weighted by Gasteiger charge is 2.09. The molecule has 80 valence electrons. The number of aliphatic hydroxyl groups excluding tert-OH is 2. The van der Waals surface area contributed by atoms with E-state index in [9.17, 15) is 5.11 Å². The lowest BCUT2D eigenvalue weighted by Crippen LogP contribution is -2.04. The molecule has 0 saturated carbocycles. The summed E-state index contributed by atoms with van der Waals surface area (Å²) >= 11 is 0. The first-order valence-electron chi connectivity index (χ1n) is 5.10. The first-order chi connectivity index (χ1) is 6.77. The van der Waals surface area contributed by atoms with Gasteiger partial charge in [0.1, 0.15) is 0 Å². The number of rotatable bonds is 6. The van der Waals surface area contributed by atoms with Gasteiger partial charge in [-0.15, -0.1) is 0 Å². The molecule has 0 spiro atoms. The monoisotopic (exact) mass is 198 g/mol. The lowest BCUT2D eigenvalue weighted by Gasteiger charge is -2.04.